The van der Waals surface area contributed by atoms with E-state index in [1.807, 2.05) is 0 Å². The van der Waals surface area contributed by atoms with Crippen molar-refractivity contribution in [1.82, 2.24) is 0 Å². The molecule has 0 amide bonds. The maximum absolute atomic E-state index is 5.34. The highest BCUT2D eigenvalue weighted by Gasteiger charge is 2.41. The van der Waals surface area contributed by atoms with Gasteiger partial charge in [-0.05, 0) is 0 Å². The van der Waals surface area contributed by atoms with E-state index in [2.05, 4.69) is 0 Å². The number of quaternary nitrogens is 1. The summed E-state index contributed by atoms with van der Waals surface area (Å²) in [5.41, 5.74) is 0. The van der Waals surface area contributed by atoms with Gasteiger partial charge in [0.1, 0.15) is 0 Å². The van der Waals surface area contributed by atoms with Gasteiger partial charge in [0.05, 0.1) is 0 Å². The Labute approximate surface area is 53.1 Å². The van der Waals surface area contributed by atoms with E-state index in [9.17, 15) is 0 Å². The van der Waals surface area contributed by atoms with Crippen molar-refractivity contribution in [3.63, 3.8) is 0 Å². The van der Waals surface area contributed by atoms with E-state index < -0.39 is 0 Å². The van der Waals surface area contributed by atoms with Crippen LogP contribution in [0.1, 0.15) is 0 Å². The van der Waals surface area contributed by atoms with Gasteiger partial charge in [0, 0.05) is 0 Å². The van der Waals surface area contributed by atoms with E-state index in [1.54, 1.807) is 0 Å². The zero-order chi connectivity index (χ0) is 3.91. The molecule has 0 radical (unpaired) electrons. The molecule has 0 aromatic rings. The molecular weight excluding hydrogens is 144 g/mol. The summed E-state index contributed by atoms with van der Waals surface area (Å²) >= 11 is 10.7. The highest BCUT2D eigenvalue weighted by Crippen LogP contribution is 2.28. The van der Waals surface area contributed by atoms with Crippen molar-refractivity contribution >= 4 is 36.0 Å². The average molecular weight is 149 g/mol. The Morgan fingerprint density at radius 3 is 1.33 bits per heavy atom. The average Bonchev–Trinajstić information content (AvgIpc) is 1.76. The molecule has 1 heterocycles. The minimum atomic E-state index is 0. The molecule has 0 unspecified atom stereocenters. The number of halogens is 3. The third kappa shape index (κ3) is 2.08. The van der Waals surface area contributed by atoms with Gasteiger partial charge in [-0.15, -0.1) is 15.9 Å². The highest BCUT2D eigenvalue weighted by atomic mass is 35.5. The van der Waals surface area contributed by atoms with Crippen LogP contribution in [-0.4, -0.2) is 16.6 Å². The molecular formula is C2H5Cl3N+. The molecule has 0 bridgehead atoms. The lowest BCUT2D eigenvalue weighted by molar-refractivity contribution is -0.521. The summed E-state index contributed by atoms with van der Waals surface area (Å²) in [5.74, 6) is 0. The van der Waals surface area contributed by atoms with Gasteiger partial charge in [0.2, 0.25) is 0 Å². The quantitative estimate of drug-likeness (QED) is 0.362. The van der Waals surface area contributed by atoms with Crippen LogP contribution in [0.2, 0.25) is 0 Å². The van der Waals surface area contributed by atoms with E-state index in [1.165, 1.54) is 0 Å². The van der Waals surface area contributed by atoms with E-state index in [4.69, 9.17) is 23.6 Å². The van der Waals surface area contributed by atoms with Crippen molar-refractivity contribution in [3.8, 4) is 0 Å². The molecule has 1 aliphatic rings. The van der Waals surface area contributed by atoms with Crippen molar-refractivity contribution in [1.29, 1.82) is 0 Å². The lowest BCUT2D eigenvalue weighted by Gasteiger charge is -1.80. The van der Waals surface area contributed by atoms with Crippen LogP contribution in [0.3, 0.4) is 0 Å². The molecule has 0 aromatic heterocycles. The van der Waals surface area contributed by atoms with Gasteiger partial charge in [0.15, 0.2) is 36.6 Å². The molecule has 0 saturated carbocycles. The standard InChI is InChI=1S/C2H4Cl2N.ClH/c3-5(4)1-2-5;/h1-2H2;1H/q+1;. The van der Waals surface area contributed by atoms with Crippen LogP contribution in [0.25, 0.3) is 0 Å². The number of nitrogens with zero attached hydrogens (tertiary/aromatic N) is 1. The Hall–Kier alpha value is 0.830. The van der Waals surface area contributed by atoms with E-state index in [0.717, 1.165) is 13.1 Å². The van der Waals surface area contributed by atoms with Crippen molar-refractivity contribution in [2.24, 2.45) is 0 Å². The van der Waals surface area contributed by atoms with E-state index in [0.29, 0.717) is 0 Å². The molecule has 0 N–H and O–H groups in total. The molecule has 0 aromatic carbocycles. The summed E-state index contributed by atoms with van der Waals surface area (Å²) in [6.07, 6.45) is 0. The van der Waals surface area contributed by atoms with Crippen molar-refractivity contribution in [2.75, 3.05) is 13.1 Å². The maximum Gasteiger partial charge on any atom is 0.187 e. The molecule has 38 valence electrons. The topological polar surface area (TPSA) is 0 Å². The Morgan fingerprint density at radius 2 is 1.33 bits per heavy atom. The molecule has 1 rings (SSSR count). The Balaban J connectivity index is 0.000000250. The molecule has 1 fully saturated rings. The van der Waals surface area contributed by atoms with Crippen LogP contribution in [0.5, 0.6) is 0 Å². The summed E-state index contributed by atoms with van der Waals surface area (Å²) in [5, 5.41) is 0. The largest absolute Gasteiger partial charge is 0.187 e. The van der Waals surface area contributed by atoms with Crippen LogP contribution in [0.15, 0.2) is 0 Å². The van der Waals surface area contributed by atoms with Gasteiger partial charge in [-0.2, -0.15) is 0 Å². The first-order valence-electron chi connectivity index (χ1n) is 1.47. The Morgan fingerprint density at radius 1 is 1.17 bits per heavy atom. The van der Waals surface area contributed by atoms with Crippen LogP contribution in [-0.2, 0) is 0 Å². The fraction of sp³-hybridized carbons (Fsp3) is 1.00. The third-order valence-electron chi connectivity index (χ3n) is 0.562. The van der Waals surface area contributed by atoms with Crippen molar-refractivity contribution in [3.05, 3.63) is 0 Å². The van der Waals surface area contributed by atoms with Crippen LogP contribution in [0.4, 0.5) is 0 Å². The summed E-state index contributed by atoms with van der Waals surface area (Å²) in [6.45, 7) is 1.84. The molecule has 4 heteroatoms. The van der Waals surface area contributed by atoms with Gasteiger partial charge in [-0.1, -0.05) is 0 Å². The van der Waals surface area contributed by atoms with Crippen LogP contribution >= 0.6 is 36.0 Å². The molecule has 1 nitrogen and oxygen atoms in total. The molecule has 1 aliphatic heterocycles. The van der Waals surface area contributed by atoms with Gasteiger partial charge in [-0.3, -0.25) is 0 Å². The molecule has 1 saturated heterocycles. The smallest absolute Gasteiger partial charge is 0.147 e. The number of hydrogen-bond acceptors (Lipinski definition) is 0. The second-order valence-corrected chi connectivity index (χ2v) is 2.68. The minimum absolute atomic E-state index is 0. The van der Waals surface area contributed by atoms with Gasteiger partial charge >= 0.3 is 0 Å². The summed E-state index contributed by atoms with van der Waals surface area (Å²) < 4.78 is 0.194. The predicted octanol–water partition coefficient (Wildman–Crippen LogP) is 1.55. The second-order valence-electron chi connectivity index (χ2n) is 1.21. The van der Waals surface area contributed by atoms with Crippen molar-refractivity contribution < 1.29 is 3.52 Å². The first-order chi connectivity index (χ1) is 2.21. The molecule has 0 atom stereocenters. The van der Waals surface area contributed by atoms with Crippen molar-refractivity contribution in [2.45, 2.75) is 0 Å². The molecule has 0 spiro atoms. The predicted molar refractivity (Wildman–Crippen MR) is 28.9 cm³/mol. The minimum Gasteiger partial charge on any atom is -0.147 e. The van der Waals surface area contributed by atoms with Gasteiger partial charge < -0.3 is 0 Å². The number of hydrogen-bond donors (Lipinski definition) is 0. The highest BCUT2D eigenvalue weighted by molar-refractivity contribution is 6.24. The molecule has 0 aliphatic carbocycles. The SMILES string of the molecule is Cl.Cl[N+]1(Cl)CC1. The normalized spacial score (nSPS) is 25.0. The van der Waals surface area contributed by atoms with Gasteiger partial charge in [0.25, 0.3) is 0 Å². The fourth-order valence-electron chi connectivity index (χ4n) is 0.0756. The third-order valence-corrected chi connectivity index (χ3v) is 1.24. The monoisotopic (exact) mass is 148 g/mol. The Kier molecular flexibility index (Phi) is 1.99. The van der Waals surface area contributed by atoms with E-state index >= 15 is 0 Å². The fourth-order valence-corrected chi connectivity index (χ4v) is 0.227. The lowest BCUT2D eigenvalue weighted by Crippen LogP contribution is -1.87. The van der Waals surface area contributed by atoms with E-state index in [-0.39, 0.29) is 15.9 Å². The lowest BCUT2D eigenvalue weighted by atomic mass is 11.0. The Bertz CT molecular complexity index is 46.8. The zero-order valence-electron chi connectivity index (χ0n) is 3.03. The van der Waals surface area contributed by atoms with Crippen LogP contribution in [0, 0.1) is 0 Å². The first kappa shape index (κ1) is 6.83. The summed E-state index contributed by atoms with van der Waals surface area (Å²) in [6, 6.07) is 0. The summed E-state index contributed by atoms with van der Waals surface area (Å²) in [4.78, 5) is 0. The second kappa shape index (κ2) is 1.74. The van der Waals surface area contributed by atoms with Crippen LogP contribution < -0.4 is 0 Å². The zero-order valence-corrected chi connectivity index (χ0v) is 5.35. The van der Waals surface area contributed by atoms with Gasteiger partial charge in [-0.25, -0.2) is 0 Å². The number of rotatable bonds is 0. The summed E-state index contributed by atoms with van der Waals surface area (Å²) in [7, 11) is 0. The maximum atomic E-state index is 5.34. The molecule has 6 heavy (non-hydrogen) atoms. The first-order valence-corrected chi connectivity index (χ1v) is 2.15.